The molecule has 0 N–H and O–H groups in total. The van der Waals surface area contributed by atoms with E-state index < -0.39 is 0 Å². The molecule has 1 atom stereocenters. The minimum Gasteiger partial charge on any atom is -0.497 e. The van der Waals surface area contributed by atoms with Crippen LogP contribution in [0.4, 0.5) is 0 Å². The van der Waals surface area contributed by atoms with Crippen molar-refractivity contribution in [3.8, 4) is 5.75 Å². The van der Waals surface area contributed by atoms with Crippen LogP contribution >= 0.6 is 24.8 Å². The van der Waals surface area contributed by atoms with Gasteiger partial charge in [0.15, 0.2) is 0 Å². The van der Waals surface area contributed by atoms with E-state index in [0.717, 1.165) is 22.8 Å². The number of rotatable bonds is 4. The predicted molar refractivity (Wildman–Crippen MR) is 113 cm³/mol. The summed E-state index contributed by atoms with van der Waals surface area (Å²) in [5.41, 5.74) is 3.49. The predicted octanol–water partition coefficient (Wildman–Crippen LogP) is 4.18. The summed E-state index contributed by atoms with van der Waals surface area (Å²) in [5, 5.41) is 0.326. The highest BCUT2D eigenvalue weighted by molar-refractivity contribution is 7.82. The molecule has 1 fully saturated rings. The topological polar surface area (TPSA) is 21.7 Å². The van der Waals surface area contributed by atoms with E-state index in [1.165, 1.54) is 5.70 Å². The monoisotopic (exact) mass is 389 g/mol. The van der Waals surface area contributed by atoms with Crippen molar-refractivity contribution in [3.63, 3.8) is 0 Å². The van der Waals surface area contributed by atoms with Crippen molar-refractivity contribution in [2.24, 2.45) is 0 Å². The first-order valence-corrected chi connectivity index (χ1v) is 9.49. The highest BCUT2D eigenvalue weighted by atomic mass is 32.1. The molecule has 0 aliphatic carbocycles. The lowest BCUT2D eigenvalue weighted by atomic mass is 10.1. The SMILES string of the molecule is COc1ccc(C2=CC=C(C=C3OC(=S)N(C(C)C)C3S)[N+]2(C)C)cc1. The largest absolute Gasteiger partial charge is 0.497 e. The van der Waals surface area contributed by atoms with Gasteiger partial charge in [0, 0.05) is 29.8 Å². The lowest BCUT2D eigenvalue weighted by molar-refractivity contribution is -0.771. The molecule has 0 aromatic heterocycles. The third kappa shape index (κ3) is 3.29. The molecule has 2 heterocycles. The van der Waals surface area contributed by atoms with Gasteiger partial charge in [0.2, 0.25) is 0 Å². The van der Waals surface area contributed by atoms with E-state index in [4.69, 9.17) is 34.3 Å². The number of allylic oxidation sites excluding steroid dienone is 3. The summed E-state index contributed by atoms with van der Waals surface area (Å²) < 4.78 is 11.7. The Morgan fingerprint density at radius 3 is 2.42 bits per heavy atom. The van der Waals surface area contributed by atoms with Crippen LogP contribution in [0.1, 0.15) is 19.4 Å². The van der Waals surface area contributed by atoms with Crippen molar-refractivity contribution >= 4 is 35.7 Å². The molecule has 0 saturated carbocycles. The van der Waals surface area contributed by atoms with Crippen LogP contribution in [-0.4, -0.2) is 47.2 Å². The van der Waals surface area contributed by atoms with Gasteiger partial charge in [-0.1, -0.05) is 0 Å². The zero-order chi connectivity index (χ0) is 19.1. The molecule has 0 spiro atoms. The normalized spacial score (nSPS) is 23.3. The molecular weight excluding hydrogens is 364 g/mol. The lowest BCUT2D eigenvalue weighted by Crippen LogP contribution is -2.36. The Morgan fingerprint density at radius 1 is 1.23 bits per heavy atom. The van der Waals surface area contributed by atoms with Gasteiger partial charge in [0.1, 0.15) is 28.3 Å². The van der Waals surface area contributed by atoms with E-state index in [1.54, 1.807) is 7.11 Å². The Labute approximate surface area is 166 Å². The molecule has 26 heavy (non-hydrogen) atoms. The fourth-order valence-electron chi connectivity index (χ4n) is 3.25. The second-order valence-electron chi connectivity index (χ2n) is 7.11. The summed E-state index contributed by atoms with van der Waals surface area (Å²) in [6.45, 7) is 4.17. The first-order valence-electron chi connectivity index (χ1n) is 8.57. The van der Waals surface area contributed by atoms with Gasteiger partial charge in [-0.15, -0.1) is 12.6 Å². The molecule has 2 aliphatic rings. The summed E-state index contributed by atoms with van der Waals surface area (Å²) >= 11 is 10.1. The number of hydrogen-bond donors (Lipinski definition) is 1. The number of likely N-dealkylation sites (N-methyl/N-ethyl adjacent to an activating group) is 1. The third-order valence-corrected chi connectivity index (χ3v) is 5.62. The van der Waals surface area contributed by atoms with Gasteiger partial charge in [0.05, 0.1) is 21.2 Å². The maximum absolute atomic E-state index is 5.83. The van der Waals surface area contributed by atoms with Crippen LogP contribution in [0, 0.1) is 0 Å². The highest BCUT2D eigenvalue weighted by Crippen LogP contribution is 2.37. The average molecular weight is 390 g/mol. The zero-order valence-corrected chi connectivity index (χ0v) is 17.5. The smallest absolute Gasteiger partial charge is 0.266 e. The van der Waals surface area contributed by atoms with Crippen LogP contribution in [0.25, 0.3) is 5.70 Å². The van der Waals surface area contributed by atoms with Gasteiger partial charge < -0.3 is 14.4 Å². The minimum atomic E-state index is -0.159. The molecule has 1 unspecified atom stereocenters. The summed E-state index contributed by atoms with van der Waals surface area (Å²) in [6, 6.07) is 8.36. The molecular formula is C20H25N2O2S2+. The summed E-state index contributed by atoms with van der Waals surface area (Å²) in [4.78, 5) is 2.00. The van der Waals surface area contributed by atoms with Crippen molar-refractivity contribution in [3.05, 3.63) is 59.5 Å². The number of thiocarbonyl (C=S) groups is 1. The van der Waals surface area contributed by atoms with Gasteiger partial charge in [-0.05, 0) is 50.3 Å². The fourth-order valence-corrected chi connectivity index (χ4v) is 4.24. The number of quaternary nitrogens is 1. The second kappa shape index (κ2) is 7.10. The molecule has 1 aromatic carbocycles. The number of thiol groups is 1. The molecule has 4 nitrogen and oxygen atoms in total. The van der Waals surface area contributed by atoms with Gasteiger partial charge in [-0.2, -0.15) is 0 Å². The maximum Gasteiger partial charge on any atom is 0.266 e. The molecule has 1 aromatic rings. The molecule has 1 saturated heterocycles. The van der Waals surface area contributed by atoms with Crippen LogP contribution in [0.3, 0.4) is 0 Å². The quantitative estimate of drug-likeness (QED) is 0.474. The van der Waals surface area contributed by atoms with E-state index in [2.05, 4.69) is 58.3 Å². The number of ether oxygens (including phenoxy) is 2. The molecule has 6 heteroatoms. The average Bonchev–Trinajstić information content (AvgIpc) is 3.04. The number of nitrogens with zero attached hydrogens (tertiary/aromatic N) is 2. The van der Waals surface area contributed by atoms with Gasteiger partial charge in [-0.3, -0.25) is 4.48 Å². The molecule has 0 radical (unpaired) electrons. The molecule has 2 aliphatic heterocycles. The van der Waals surface area contributed by atoms with E-state index in [-0.39, 0.29) is 11.4 Å². The van der Waals surface area contributed by atoms with Crippen molar-refractivity contribution < 1.29 is 14.0 Å². The second-order valence-corrected chi connectivity index (χ2v) is 7.95. The molecule has 0 amide bonds. The molecule has 3 rings (SSSR count). The molecule has 0 bridgehead atoms. The minimum absolute atomic E-state index is 0.159. The zero-order valence-electron chi connectivity index (χ0n) is 15.8. The summed E-state index contributed by atoms with van der Waals surface area (Å²) in [6.07, 6.45) is 6.33. The Bertz CT molecular complexity index is 808. The van der Waals surface area contributed by atoms with Gasteiger partial charge >= 0.3 is 0 Å². The number of hydrogen-bond acceptors (Lipinski definition) is 4. The molecule has 138 valence electrons. The van der Waals surface area contributed by atoms with Gasteiger partial charge in [0.25, 0.3) is 5.17 Å². The fraction of sp³-hybridized carbons (Fsp3) is 0.350. The van der Waals surface area contributed by atoms with Crippen LogP contribution in [-0.2, 0) is 4.74 Å². The van der Waals surface area contributed by atoms with Crippen molar-refractivity contribution in [2.45, 2.75) is 25.3 Å². The van der Waals surface area contributed by atoms with Gasteiger partial charge in [-0.25, -0.2) is 0 Å². The van der Waals surface area contributed by atoms with Crippen molar-refractivity contribution in [2.75, 3.05) is 21.2 Å². The van der Waals surface area contributed by atoms with E-state index in [1.807, 2.05) is 17.0 Å². The summed E-state index contributed by atoms with van der Waals surface area (Å²) in [7, 11) is 6.00. The first-order chi connectivity index (χ1) is 12.3. The van der Waals surface area contributed by atoms with Crippen LogP contribution < -0.4 is 4.74 Å². The highest BCUT2D eigenvalue weighted by Gasteiger charge is 2.38. The van der Waals surface area contributed by atoms with Crippen molar-refractivity contribution in [1.82, 2.24) is 4.90 Å². The van der Waals surface area contributed by atoms with E-state index >= 15 is 0 Å². The van der Waals surface area contributed by atoms with Crippen LogP contribution in [0.15, 0.2) is 53.9 Å². The summed E-state index contributed by atoms with van der Waals surface area (Å²) in [5.74, 6) is 1.63. The Balaban J connectivity index is 1.84. The number of benzene rings is 1. The van der Waals surface area contributed by atoms with Crippen molar-refractivity contribution in [1.29, 1.82) is 0 Å². The Hall–Kier alpha value is -1.76. The van der Waals surface area contributed by atoms with E-state index in [9.17, 15) is 0 Å². The third-order valence-electron chi connectivity index (χ3n) is 4.83. The van der Waals surface area contributed by atoms with E-state index in [0.29, 0.717) is 9.66 Å². The number of methoxy groups -OCH3 is 1. The van der Waals surface area contributed by atoms with Crippen LogP contribution in [0.2, 0.25) is 0 Å². The van der Waals surface area contributed by atoms with Crippen LogP contribution in [0.5, 0.6) is 5.75 Å². The lowest BCUT2D eigenvalue weighted by Gasteiger charge is -2.29. The maximum atomic E-state index is 5.83. The standard InChI is InChI=1S/C20H24N2O2S2/c1-13(2)21-19(25)18(24-20(21)26)12-15-8-11-17(22(15,3)4)14-6-9-16(23-5)10-7-14/h6-13,19H,1-5H3/p+1. The Kier molecular flexibility index (Phi) is 5.19. The Morgan fingerprint density at radius 2 is 1.88 bits per heavy atom. The first kappa shape index (κ1) is 19.0.